The molecule has 0 atom stereocenters. The van der Waals surface area contributed by atoms with Gasteiger partial charge in [-0.05, 0) is 55.2 Å². The van der Waals surface area contributed by atoms with Crippen molar-refractivity contribution in [3.63, 3.8) is 0 Å². The molecule has 0 N–H and O–H groups in total. The summed E-state index contributed by atoms with van der Waals surface area (Å²) in [6.45, 7) is -0.345. The normalized spacial score (nSPS) is 13.3. The highest BCUT2D eigenvalue weighted by Gasteiger charge is 2.20. The average molecular weight is 393 g/mol. The molecule has 138 valence electrons. The molecule has 1 aliphatic carbocycles. The third-order valence-corrected chi connectivity index (χ3v) is 6.76. The van der Waals surface area contributed by atoms with Crippen LogP contribution in [0, 0.1) is 0 Å². The van der Waals surface area contributed by atoms with Gasteiger partial charge in [-0.15, -0.1) is 11.3 Å². The Morgan fingerprint density at radius 1 is 1.19 bits per heavy atom. The SMILES string of the molecule is CN(c1ccc(C(=O)COC(=O)c2cc3c(s2)CCC3)cc1)S(C)(=O)=O. The van der Waals surface area contributed by atoms with Crippen LogP contribution in [-0.4, -0.2) is 40.1 Å². The monoisotopic (exact) mass is 393 g/mol. The van der Waals surface area contributed by atoms with Gasteiger partial charge in [0.1, 0.15) is 4.88 Å². The number of benzene rings is 1. The van der Waals surface area contributed by atoms with E-state index in [1.54, 1.807) is 12.1 Å². The van der Waals surface area contributed by atoms with Crippen LogP contribution in [0.5, 0.6) is 0 Å². The Hall–Kier alpha value is -2.19. The predicted octanol–water partition coefficient (Wildman–Crippen LogP) is 2.67. The Bertz CT molecular complexity index is 923. The standard InChI is InChI=1S/C18H19NO5S2/c1-19(26(2,22)23)14-8-6-12(7-9-14)15(20)11-24-18(21)17-10-13-4-3-5-16(13)25-17/h6-10H,3-5,11H2,1-2H3. The zero-order chi connectivity index (χ0) is 18.9. The lowest BCUT2D eigenvalue weighted by Gasteiger charge is -2.16. The number of hydrogen-bond acceptors (Lipinski definition) is 6. The molecule has 0 unspecified atom stereocenters. The van der Waals surface area contributed by atoms with Crippen molar-refractivity contribution < 1.29 is 22.7 Å². The second-order valence-corrected chi connectivity index (χ2v) is 9.34. The van der Waals surface area contributed by atoms with Gasteiger partial charge in [-0.25, -0.2) is 13.2 Å². The topological polar surface area (TPSA) is 80.8 Å². The van der Waals surface area contributed by atoms with E-state index in [0.717, 1.165) is 29.8 Å². The Balaban J connectivity index is 1.60. The van der Waals surface area contributed by atoms with Crippen molar-refractivity contribution in [2.45, 2.75) is 19.3 Å². The molecule has 0 saturated carbocycles. The summed E-state index contributed by atoms with van der Waals surface area (Å²) in [7, 11) is -1.92. The first-order valence-corrected chi connectivity index (χ1v) is 10.8. The summed E-state index contributed by atoms with van der Waals surface area (Å²) < 4.78 is 29.3. The molecule has 26 heavy (non-hydrogen) atoms. The van der Waals surface area contributed by atoms with E-state index < -0.39 is 16.0 Å². The molecule has 8 heteroatoms. The molecule has 0 aliphatic heterocycles. The Morgan fingerprint density at radius 3 is 2.50 bits per heavy atom. The lowest BCUT2D eigenvalue weighted by Crippen LogP contribution is -2.24. The molecule has 1 aromatic heterocycles. The van der Waals surface area contributed by atoms with Crippen molar-refractivity contribution in [2.24, 2.45) is 0 Å². The van der Waals surface area contributed by atoms with Crippen molar-refractivity contribution in [1.82, 2.24) is 0 Å². The van der Waals surface area contributed by atoms with Gasteiger partial charge in [0, 0.05) is 17.5 Å². The molecular weight excluding hydrogens is 374 g/mol. The quantitative estimate of drug-likeness (QED) is 0.557. The number of rotatable bonds is 6. The first kappa shape index (κ1) is 18.6. The van der Waals surface area contributed by atoms with E-state index in [-0.39, 0.29) is 12.4 Å². The fraction of sp³-hybridized carbons (Fsp3) is 0.333. The van der Waals surface area contributed by atoms with Crippen LogP contribution in [0.3, 0.4) is 0 Å². The lowest BCUT2D eigenvalue weighted by atomic mass is 10.1. The van der Waals surface area contributed by atoms with Crippen LogP contribution in [0.1, 0.15) is 36.9 Å². The van der Waals surface area contributed by atoms with E-state index in [9.17, 15) is 18.0 Å². The molecule has 1 aliphatic rings. The van der Waals surface area contributed by atoms with Crippen molar-refractivity contribution in [1.29, 1.82) is 0 Å². The maximum atomic E-state index is 12.2. The molecule has 0 amide bonds. The molecule has 1 aromatic carbocycles. The van der Waals surface area contributed by atoms with Crippen LogP contribution < -0.4 is 4.31 Å². The predicted molar refractivity (Wildman–Crippen MR) is 101 cm³/mol. The number of carbonyl (C=O) groups excluding carboxylic acids is 2. The van der Waals surface area contributed by atoms with Crippen LogP contribution in [0.25, 0.3) is 0 Å². The van der Waals surface area contributed by atoms with E-state index in [0.29, 0.717) is 16.1 Å². The van der Waals surface area contributed by atoms with E-state index >= 15 is 0 Å². The van der Waals surface area contributed by atoms with Gasteiger partial charge >= 0.3 is 5.97 Å². The van der Waals surface area contributed by atoms with Gasteiger partial charge in [0.25, 0.3) is 0 Å². The van der Waals surface area contributed by atoms with Gasteiger partial charge in [0.2, 0.25) is 10.0 Å². The lowest BCUT2D eigenvalue weighted by molar-refractivity contribution is 0.0479. The number of thiophene rings is 1. The van der Waals surface area contributed by atoms with Crippen molar-refractivity contribution >= 4 is 38.8 Å². The molecule has 0 saturated heterocycles. The Morgan fingerprint density at radius 2 is 1.88 bits per heavy atom. The van der Waals surface area contributed by atoms with Crippen molar-refractivity contribution in [2.75, 3.05) is 24.2 Å². The molecule has 0 spiro atoms. The van der Waals surface area contributed by atoms with Crippen LogP contribution in [0.2, 0.25) is 0 Å². The number of hydrogen-bond donors (Lipinski definition) is 0. The van der Waals surface area contributed by atoms with Crippen LogP contribution in [-0.2, 0) is 27.6 Å². The molecule has 3 rings (SSSR count). The summed E-state index contributed by atoms with van der Waals surface area (Å²) in [6, 6.07) is 7.98. The highest BCUT2D eigenvalue weighted by Crippen LogP contribution is 2.30. The maximum Gasteiger partial charge on any atom is 0.348 e. The van der Waals surface area contributed by atoms with E-state index in [2.05, 4.69) is 0 Å². The number of aryl methyl sites for hydroxylation is 2. The smallest absolute Gasteiger partial charge is 0.348 e. The minimum atomic E-state index is -3.36. The highest BCUT2D eigenvalue weighted by molar-refractivity contribution is 7.92. The van der Waals surface area contributed by atoms with Crippen LogP contribution >= 0.6 is 11.3 Å². The number of sulfonamides is 1. The molecular formula is C18H19NO5S2. The number of carbonyl (C=O) groups is 2. The van der Waals surface area contributed by atoms with Gasteiger partial charge in [-0.2, -0.15) is 0 Å². The minimum absolute atomic E-state index is 0.337. The van der Waals surface area contributed by atoms with E-state index in [1.807, 2.05) is 6.07 Å². The van der Waals surface area contributed by atoms with E-state index in [4.69, 9.17) is 4.74 Å². The van der Waals surface area contributed by atoms with Gasteiger partial charge in [-0.3, -0.25) is 9.10 Å². The largest absolute Gasteiger partial charge is 0.453 e. The second kappa shape index (κ2) is 7.20. The summed E-state index contributed by atoms with van der Waals surface area (Å²) >= 11 is 1.44. The number of Topliss-reactive ketones (excluding diaryl/α,β-unsaturated/α-hetero) is 1. The number of esters is 1. The summed E-state index contributed by atoms with van der Waals surface area (Å²) in [6.07, 6.45) is 4.22. The van der Waals surface area contributed by atoms with Gasteiger partial charge < -0.3 is 4.74 Å². The molecule has 1 heterocycles. The van der Waals surface area contributed by atoms with Crippen LogP contribution in [0.4, 0.5) is 5.69 Å². The van der Waals surface area contributed by atoms with Gasteiger partial charge in [0.05, 0.1) is 11.9 Å². The molecule has 0 bridgehead atoms. The number of ketones is 1. The number of ether oxygens (including phenoxy) is 1. The molecule has 2 aromatic rings. The minimum Gasteiger partial charge on any atom is -0.453 e. The summed E-state index contributed by atoms with van der Waals surface area (Å²) in [5.41, 5.74) is 2.02. The van der Waals surface area contributed by atoms with Gasteiger partial charge in [0.15, 0.2) is 12.4 Å². The molecule has 0 radical (unpaired) electrons. The molecule has 0 fully saturated rings. The summed E-state index contributed by atoms with van der Waals surface area (Å²) in [5, 5.41) is 0. The third-order valence-electron chi connectivity index (χ3n) is 4.33. The fourth-order valence-electron chi connectivity index (χ4n) is 2.76. The first-order valence-electron chi connectivity index (χ1n) is 8.11. The van der Waals surface area contributed by atoms with Crippen LogP contribution in [0.15, 0.2) is 30.3 Å². The Kier molecular flexibility index (Phi) is 5.15. The zero-order valence-electron chi connectivity index (χ0n) is 14.5. The van der Waals surface area contributed by atoms with Gasteiger partial charge in [-0.1, -0.05) is 0 Å². The number of anilines is 1. The summed E-state index contributed by atoms with van der Waals surface area (Å²) in [5.74, 6) is -0.817. The zero-order valence-corrected chi connectivity index (χ0v) is 16.2. The Labute approximate surface area is 156 Å². The number of fused-ring (bicyclic) bond motifs is 1. The maximum absolute atomic E-state index is 12.2. The number of nitrogens with zero attached hydrogens (tertiary/aromatic N) is 1. The average Bonchev–Trinajstić information content (AvgIpc) is 3.20. The highest BCUT2D eigenvalue weighted by atomic mass is 32.2. The van der Waals surface area contributed by atoms with Crippen molar-refractivity contribution in [3.8, 4) is 0 Å². The third kappa shape index (κ3) is 3.96. The fourth-order valence-corrected chi connectivity index (χ4v) is 4.42. The summed E-state index contributed by atoms with van der Waals surface area (Å²) in [4.78, 5) is 26.1. The molecule has 6 nitrogen and oxygen atoms in total. The first-order chi connectivity index (χ1) is 12.3. The second-order valence-electron chi connectivity index (χ2n) is 6.19. The van der Waals surface area contributed by atoms with E-state index in [1.165, 1.54) is 41.0 Å². The van der Waals surface area contributed by atoms with Crippen molar-refractivity contribution in [3.05, 3.63) is 51.2 Å².